The number of carbonyl (C=O) groups is 2. The van der Waals surface area contributed by atoms with Gasteiger partial charge in [0.1, 0.15) is 6.54 Å². The summed E-state index contributed by atoms with van der Waals surface area (Å²) in [6.45, 7) is 4.97. The highest BCUT2D eigenvalue weighted by Gasteiger charge is 2.28. The number of hydrogen-bond acceptors (Lipinski definition) is 4. The predicted molar refractivity (Wildman–Crippen MR) is 98.4 cm³/mol. The molecule has 0 unspecified atom stereocenters. The Morgan fingerprint density at radius 1 is 1.38 bits per heavy atom. The van der Waals surface area contributed by atoms with Gasteiger partial charge >= 0.3 is 6.09 Å². The van der Waals surface area contributed by atoms with Gasteiger partial charge in [0.25, 0.3) is 0 Å². The molecule has 128 valence electrons. The van der Waals surface area contributed by atoms with Crippen molar-refractivity contribution in [3.63, 3.8) is 0 Å². The molecule has 2 aromatic rings. The normalized spacial score (nSPS) is 11.2. The minimum atomic E-state index is -1.13. The van der Waals surface area contributed by atoms with Crippen LogP contribution in [-0.2, 0) is 4.79 Å². The van der Waals surface area contributed by atoms with Gasteiger partial charge in [-0.2, -0.15) is 0 Å². The molecule has 2 amide bonds. The van der Waals surface area contributed by atoms with Crippen LogP contribution in [0.1, 0.15) is 20.8 Å². The zero-order chi connectivity index (χ0) is 17.9. The lowest BCUT2D eigenvalue weighted by atomic mass is 10.1. The molecule has 2 rings (SSSR count). The number of carbonyl (C=O) groups excluding carboxylic acids is 1. The number of halogens is 1. The fourth-order valence-electron chi connectivity index (χ4n) is 2.01. The molecule has 8 heteroatoms. The highest BCUT2D eigenvalue weighted by atomic mass is 79.9. The zero-order valence-electron chi connectivity index (χ0n) is 13.5. The van der Waals surface area contributed by atoms with E-state index in [1.165, 1.54) is 11.3 Å². The van der Waals surface area contributed by atoms with Crippen molar-refractivity contribution < 1.29 is 14.7 Å². The van der Waals surface area contributed by atoms with Gasteiger partial charge in [-0.25, -0.2) is 9.78 Å². The Bertz CT molecular complexity index is 755. The van der Waals surface area contributed by atoms with Crippen LogP contribution in [0, 0.1) is 0 Å². The number of nitrogens with one attached hydrogen (secondary N) is 1. The molecule has 0 aliphatic rings. The van der Waals surface area contributed by atoms with Gasteiger partial charge in [-0.15, -0.1) is 11.3 Å². The molecule has 1 aromatic heterocycles. The lowest BCUT2D eigenvalue weighted by Gasteiger charge is -2.32. The number of aromatic nitrogens is 1. The van der Waals surface area contributed by atoms with E-state index in [4.69, 9.17) is 0 Å². The first-order valence-corrected chi connectivity index (χ1v) is 8.86. The summed E-state index contributed by atoms with van der Waals surface area (Å²) in [7, 11) is 0. The maximum absolute atomic E-state index is 12.1. The molecular weight excluding hydrogens is 394 g/mol. The molecule has 0 saturated heterocycles. The largest absolute Gasteiger partial charge is 0.465 e. The van der Waals surface area contributed by atoms with Crippen LogP contribution in [0.3, 0.4) is 0 Å². The van der Waals surface area contributed by atoms with E-state index in [0.29, 0.717) is 5.13 Å². The summed E-state index contributed by atoms with van der Waals surface area (Å²) in [5, 5.41) is 14.2. The van der Waals surface area contributed by atoms with Gasteiger partial charge in [-0.1, -0.05) is 28.1 Å². The van der Waals surface area contributed by atoms with Crippen LogP contribution in [-0.4, -0.2) is 39.1 Å². The third-order valence-corrected chi connectivity index (χ3v) is 4.46. The van der Waals surface area contributed by atoms with Crippen LogP contribution >= 0.6 is 27.3 Å². The average molecular weight is 412 g/mol. The second kappa shape index (κ2) is 7.31. The van der Waals surface area contributed by atoms with Crippen molar-refractivity contribution in [3.8, 4) is 11.3 Å². The maximum Gasteiger partial charge on any atom is 0.408 e. The first-order valence-electron chi connectivity index (χ1n) is 7.18. The topological polar surface area (TPSA) is 82.5 Å². The average Bonchev–Trinajstić information content (AvgIpc) is 2.91. The Hall–Kier alpha value is -1.93. The summed E-state index contributed by atoms with van der Waals surface area (Å²) in [6.07, 6.45) is -1.13. The molecule has 1 aromatic carbocycles. The minimum absolute atomic E-state index is 0.245. The molecule has 0 saturated carbocycles. The molecule has 0 aliphatic carbocycles. The van der Waals surface area contributed by atoms with E-state index in [2.05, 4.69) is 26.2 Å². The van der Waals surface area contributed by atoms with Gasteiger partial charge in [0.2, 0.25) is 5.91 Å². The summed E-state index contributed by atoms with van der Waals surface area (Å²) >= 11 is 4.71. The van der Waals surface area contributed by atoms with Gasteiger partial charge in [-0.3, -0.25) is 9.69 Å². The third kappa shape index (κ3) is 4.78. The van der Waals surface area contributed by atoms with Crippen molar-refractivity contribution >= 4 is 44.4 Å². The first kappa shape index (κ1) is 18.4. The molecule has 1 heterocycles. The molecule has 0 aliphatic heterocycles. The zero-order valence-corrected chi connectivity index (χ0v) is 15.9. The SMILES string of the molecule is CC(C)(C)N(CC(=O)Nc1nc(-c2cccc(Br)c2)cs1)C(=O)O. The smallest absolute Gasteiger partial charge is 0.408 e. The molecular formula is C16H18BrN3O3S. The number of amides is 2. The monoisotopic (exact) mass is 411 g/mol. The Balaban J connectivity index is 2.06. The van der Waals surface area contributed by atoms with Gasteiger partial charge in [0.15, 0.2) is 5.13 Å². The lowest BCUT2D eigenvalue weighted by molar-refractivity contribution is -0.118. The van der Waals surface area contributed by atoms with Gasteiger partial charge in [-0.05, 0) is 32.9 Å². The summed E-state index contributed by atoms with van der Waals surface area (Å²) < 4.78 is 0.945. The molecule has 0 bridgehead atoms. The number of anilines is 1. The fraction of sp³-hybridized carbons (Fsp3) is 0.312. The van der Waals surface area contributed by atoms with Crippen LogP contribution in [0.15, 0.2) is 34.1 Å². The maximum atomic E-state index is 12.1. The molecule has 0 radical (unpaired) electrons. The molecule has 2 N–H and O–H groups in total. The fourth-order valence-corrected chi connectivity index (χ4v) is 3.14. The van der Waals surface area contributed by atoms with Gasteiger partial charge < -0.3 is 10.4 Å². The number of carboxylic acid groups (broad SMARTS) is 1. The second-order valence-electron chi connectivity index (χ2n) is 6.14. The molecule has 0 fully saturated rings. The van der Waals surface area contributed by atoms with Crippen molar-refractivity contribution in [3.05, 3.63) is 34.1 Å². The molecule has 0 spiro atoms. The lowest BCUT2D eigenvalue weighted by Crippen LogP contribution is -2.48. The predicted octanol–water partition coefficient (Wildman–Crippen LogP) is 4.29. The third-order valence-electron chi connectivity index (χ3n) is 3.21. The standard InChI is InChI=1S/C16H18BrN3O3S/c1-16(2,3)20(15(22)23)8-13(21)19-14-18-12(9-24-14)10-5-4-6-11(17)7-10/h4-7,9H,8H2,1-3H3,(H,22,23)(H,18,19,21). The Labute approximate surface area is 152 Å². The first-order chi connectivity index (χ1) is 11.2. The summed E-state index contributed by atoms with van der Waals surface area (Å²) in [6, 6.07) is 7.69. The number of hydrogen-bond donors (Lipinski definition) is 2. The summed E-state index contributed by atoms with van der Waals surface area (Å²) in [5.74, 6) is -0.414. The van der Waals surface area contributed by atoms with Crippen LogP contribution in [0.25, 0.3) is 11.3 Å². The quantitative estimate of drug-likeness (QED) is 0.785. The van der Waals surface area contributed by atoms with E-state index in [9.17, 15) is 14.7 Å². The van der Waals surface area contributed by atoms with Crippen molar-refractivity contribution in [1.82, 2.24) is 9.88 Å². The Morgan fingerprint density at radius 3 is 2.67 bits per heavy atom. The van der Waals surface area contributed by atoms with E-state index in [1.807, 2.05) is 29.6 Å². The Kier molecular flexibility index (Phi) is 5.61. The highest BCUT2D eigenvalue weighted by Crippen LogP contribution is 2.27. The van der Waals surface area contributed by atoms with Gasteiger partial charge in [0, 0.05) is 21.0 Å². The number of nitrogens with zero attached hydrogens (tertiary/aromatic N) is 2. The highest BCUT2D eigenvalue weighted by molar-refractivity contribution is 9.10. The number of thiazole rings is 1. The summed E-state index contributed by atoms with van der Waals surface area (Å²) in [4.78, 5) is 28.9. The van der Waals surface area contributed by atoms with Crippen LogP contribution in [0.4, 0.5) is 9.93 Å². The van der Waals surface area contributed by atoms with E-state index < -0.39 is 17.5 Å². The molecule has 0 atom stereocenters. The van der Waals surface area contributed by atoms with Crippen molar-refractivity contribution in [2.45, 2.75) is 26.3 Å². The molecule has 6 nitrogen and oxygen atoms in total. The number of rotatable bonds is 4. The summed E-state index contributed by atoms with van der Waals surface area (Å²) in [5.41, 5.74) is 1.03. The van der Waals surface area contributed by atoms with E-state index in [-0.39, 0.29) is 6.54 Å². The minimum Gasteiger partial charge on any atom is -0.465 e. The van der Waals surface area contributed by atoms with E-state index >= 15 is 0 Å². The van der Waals surface area contributed by atoms with Crippen molar-refractivity contribution in [1.29, 1.82) is 0 Å². The van der Waals surface area contributed by atoms with Crippen molar-refractivity contribution in [2.24, 2.45) is 0 Å². The van der Waals surface area contributed by atoms with Crippen LogP contribution in [0.2, 0.25) is 0 Å². The van der Waals surface area contributed by atoms with Crippen LogP contribution < -0.4 is 5.32 Å². The van der Waals surface area contributed by atoms with E-state index in [1.54, 1.807) is 20.8 Å². The van der Waals surface area contributed by atoms with E-state index in [0.717, 1.165) is 20.6 Å². The van der Waals surface area contributed by atoms with Gasteiger partial charge in [0.05, 0.1) is 5.69 Å². The Morgan fingerprint density at radius 2 is 2.08 bits per heavy atom. The van der Waals surface area contributed by atoms with Crippen molar-refractivity contribution in [2.75, 3.05) is 11.9 Å². The molecule has 24 heavy (non-hydrogen) atoms. The van der Waals surface area contributed by atoms with Crippen LogP contribution in [0.5, 0.6) is 0 Å². The number of benzene rings is 1. The second-order valence-corrected chi connectivity index (χ2v) is 7.91.